The first-order valence-corrected chi connectivity index (χ1v) is 12.8. The van der Waals surface area contributed by atoms with E-state index in [1.54, 1.807) is 7.05 Å². The molecule has 1 aromatic heterocycles. The Labute approximate surface area is 203 Å². The largest absolute Gasteiger partial charge is 0.341 e. The Balaban J connectivity index is 1.40. The fourth-order valence-corrected chi connectivity index (χ4v) is 6.25. The van der Waals surface area contributed by atoms with E-state index in [9.17, 15) is 4.79 Å². The summed E-state index contributed by atoms with van der Waals surface area (Å²) in [7, 11) is 1.64. The summed E-state index contributed by atoms with van der Waals surface area (Å²) in [5.41, 5.74) is 5.89. The highest BCUT2D eigenvalue weighted by molar-refractivity contribution is 5.73. The molecule has 2 heterocycles. The molecule has 0 bridgehead atoms. The van der Waals surface area contributed by atoms with Gasteiger partial charge >= 0.3 is 6.03 Å². The maximum atomic E-state index is 11.5. The minimum Gasteiger partial charge on any atom is -0.341 e. The Kier molecular flexibility index (Phi) is 6.70. The van der Waals surface area contributed by atoms with E-state index >= 15 is 0 Å². The lowest BCUT2D eigenvalue weighted by molar-refractivity contribution is 0.0963. The number of rotatable bonds is 7. The van der Waals surface area contributed by atoms with Crippen LogP contribution < -0.4 is 10.6 Å². The molecule has 0 radical (unpaired) electrons. The van der Waals surface area contributed by atoms with Crippen molar-refractivity contribution in [2.45, 2.75) is 63.2 Å². The number of amides is 2. The molecule has 3 atom stereocenters. The molecule has 2 aliphatic carbocycles. The minimum absolute atomic E-state index is 0.146. The van der Waals surface area contributed by atoms with Crippen molar-refractivity contribution in [1.82, 2.24) is 25.4 Å². The molecule has 34 heavy (non-hydrogen) atoms. The molecule has 3 aliphatic rings. The van der Waals surface area contributed by atoms with Crippen LogP contribution in [-0.4, -0.2) is 59.1 Å². The van der Waals surface area contributed by atoms with Crippen LogP contribution in [0.4, 0.5) is 4.79 Å². The molecule has 0 saturated heterocycles. The summed E-state index contributed by atoms with van der Waals surface area (Å²) in [6.45, 7) is 5.84. The quantitative estimate of drug-likeness (QED) is 0.618. The summed E-state index contributed by atoms with van der Waals surface area (Å²) in [5, 5.41) is 5.46. The number of benzene rings is 1. The summed E-state index contributed by atoms with van der Waals surface area (Å²) >= 11 is 0. The van der Waals surface area contributed by atoms with Crippen LogP contribution in [0.15, 0.2) is 54.7 Å². The first-order chi connectivity index (χ1) is 16.7. The molecule has 1 aromatic carbocycles. The third-order valence-corrected chi connectivity index (χ3v) is 8.05. The normalized spacial score (nSPS) is 25.9. The summed E-state index contributed by atoms with van der Waals surface area (Å²) in [6, 6.07) is 14.0. The Morgan fingerprint density at radius 2 is 2.03 bits per heavy atom. The molecule has 180 valence electrons. The number of carbonyl (C=O) groups excluding carboxylic acids is 1. The lowest BCUT2D eigenvalue weighted by atomic mass is 9.89. The zero-order chi connectivity index (χ0) is 23.5. The SMILES string of the molecule is CCN1Cc2ccccc2CC12CC2N(C/C=C\CNC(=O)NC)[C@H]1CCCc2cccnc21. The smallest absolute Gasteiger partial charge is 0.314 e. The number of likely N-dealkylation sites (N-methyl/N-ethyl adjacent to an activating group) is 1. The molecule has 1 saturated carbocycles. The van der Waals surface area contributed by atoms with E-state index in [4.69, 9.17) is 4.98 Å². The summed E-state index contributed by atoms with van der Waals surface area (Å²) in [4.78, 5) is 21.8. The van der Waals surface area contributed by atoms with Crippen molar-refractivity contribution < 1.29 is 4.79 Å². The number of nitrogens with zero attached hydrogens (tertiary/aromatic N) is 3. The molecule has 2 N–H and O–H groups in total. The van der Waals surface area contributed by atoms with Gasteiger partial charge in [-0.1, -0.05) is 49.4 Å². The van der Waals surface area contributed by atoms with Crippen molar-refractivity contribution >= 4 is 6.03 Å². The highest BCUT2D eigenvalue weighted by atomic mass is 16.2. The number of carbonyl (C=O) groups is 1. The van der Waals surface area contributed by atoms with E-state index in [1.165, 1.54) is 35.2 Å². The number of hydrogen-bond donors (Lipinski definition) is 2. The molecule has 1 spiro atoms. The molecule has 1 fully saturated rings. The summed E-state index contributed by atoms with van der Waals surface area (Å²) in [5.74, 6) is 0. The van der Waals surface area contributed by atoms with Gasteiger partial charge in [-0.2, -0.15) is 0 Å². The molecule has 2 unspecified atom stereocenters. The summed E-state index contributed by atoms with van der Waals surface area (Å²) < 4.78 is 0. The zero-order valence-corrected chi connectivity index (χ0v) is 20.5. The van der Waals surface area contributed by atoms with E-state index in [2.05, 4.69) is 75.9 Å². The van der Waals surface area contributed by atoms with Gasteiger partial charge in [0.05, 0.1) is 11.7 Å². The van der Waals surface area contributed by atoms with Crippen molar-refractivity contribution in [3.63, 3.8) is 0 Å². The third-order valence-electron chi connectivity index (χ3n) is 8.05. The van der Waals surface area contributed by atoms with E-state index in [0.29, 0.717) is 18.6 Å². The van der Waals surface area contributed by atoms with Gasteiger partial charge in [-0.3, -0.25) is 14.8 Å². The van der Waals surface area contributed by atoms with Crippen LogP contribution in [-0.2, 0) is 19.4 Å². The van der Waals surface area contributed by atoms with E-state index in [1.807, 2.05) is 6.20 Å². The van der Waals surface area contributed by atoms with Crippen molar-refractivity contribution in [1.29, 1.82) is 0 Å². The second-order valence-electron chi connectivity index (χ2n) is 9.87. The average molecular weight is 460 g/mol. The van der Waals surface area contributed by atoms with Gasteiger partial charge in [-0.15, -0.1) is 0 Å². The lowest BCUT2D eigenvalue weighted by Gasteiger charge is -2.42. The predicted molar refractivity (Wildman–Crippen MR) is 136 cm³/mol. The Morgan fingerprint density at radius 1 is 1.21 bits per heavy atom. The second-order valence-corrected chi connectivity index (χ2v) is 9.87. The van der Waals surface area contributed by atoms with E-state index < -0.39 is 0 Å². The number of urea groups is 1. The molecule has 1 aliphatic heterocycles. The predicted octanol–water partition coefficient (Wildman–Crippen LogP) is 3.84. The first-order valence-electron chi connectivity index (χ1n) is 12.8. The fourth-order valence-electron chi connectivity index (χ4n) is 6.25. The Hall–Kier alpha value is -2.70. The van der Waals surface area contributed by atoms with Crippen LogP contribution in [0.3, 0.4) is 0 Å². The molecule has 6 nitrogen and oxygen atoms in total. The lowest BCUT2D eigenvalue weighted by Crippen LogP contribution is -2.49. The maximum absolute atomic E-state index is 11.5. The van der Waals surface area contributed by atoms with Gasteiger partial charge in [0.2, 0.25) is 0 Å². The van der Waals surface area contributed by atoms with E-state index in [-0.39, 0.29) is 11.6 Å². The molecule has 2 amide bonds. The molecular weight excluding hydrogens is 422 g/mol. The number of aryl methyl sites for hydroxylation is 1. The van der Waals surface area contributed by atoms with Crippen molar-refractivity contribution in [3.05, 3.63) is 77.1 Å². The van der Waals surface area contributed by atoms with Gasteiger partial charge in [-0.25, -0.2) is 4.79 Å². The number of hydrogen-bond acceptors (Lipinski definition) is 4. The van der Waals surface area contributed by atoms with Crippen molar-refractivity contribution in [2.75, 3.05) is 26.7 Å². The third kappa shape index (κ3) is 4.37. The van der Waals surface area contributed by atoms with Gasteiger partial charge < -0.3 is 10.6 Å². The molecule has 2 aromatic rings. The van der Waals surface area contributed by atoms with Crippen LogP contribution in [0.5, 0.6) is 0 Å². The zero-order valence-electron chi connectivity index (χ0n) is 20.5. The Morgan fingerprint density at radius 3 is 2.85 bits per heavy atom. The highest BCUT2D eigenvalue weighted by Gasteiger charge is 2.62. The standard InChI is InChI=1S/C28H37N5O/c1-3-32-20-23-11-5-4-10-22(23)18-28(32)19-25(28)33(17-7-6-15-31-27(34)29-2)24-14-8-12-21-13-9-16-30-26(21)24/h4-7,9-11,13,16,24-25H,3,8,12,14-15,17-20H2,1-2H3,(H2,29,31,34)/b7-6-/t24-,25?,28?/m0/s1. The molecule has 5 rings (SSSR count). The van der Waals surface area contributed by atoms with Crippen LogP contribution >= 0.6 is 0 Å². The van der Waals surface area contributed by atoms with Crippen LogP contribution in [0.2, 0.25) is 0 Å². The molecular formula is C28H37N5O. The maximum Gasteiger partial charge on any atom is 0.314 e. The fraction of sp³-hybridized carbons (Fsp3) is 0.500. The Bertz CT molecular complexity index is 1050. The number of aromatic nitrogens is 1. The minimum atomic E-state index is -0.146. The topological polar surface area (TPSA) is 60.5 Å². The highest BCUT2D eigenvalue weighted by Crippen LogP contribution is 2.54. The van der Waals surface area contributed by atoms with Gasteiger partial charge in [0.15, 0.2) is 0 Å². The van der Waals surface area contributed by atoms with Gasteiger partial charge in [0, 0.05) is 44.5 Å². The monoisotopic (exact) mass is 459 g/mol. The van der Waals surface area contributed by atoms with Crippen LogP contribution in [0.25, 0.3) is 0 Å². The summed E-state index contributed by atoms with van der Waals surface area (Å²) in [6.07, 6.45) is 12.1. The average Bonchev–Trinajstić information content (AvgIpc) is 3.58. The van der Waals surface area contributed by atoms with E-state index in [0.717, 1.165) is 38.9 Å². The number of fused-ring (bicyclic) bond motifs is 2. The number of pyridine rings is 1. The van der Waals surface area contributed by atoms with Gasteiger partial charge in [-0.05, 0) is 61.4 Å². The van der Waals surface area contributed by atoms with Gasteiger partial charge in [0.25, 0.3) is 0 Å². The second kappa shape index (κ2) is 9.88. The number of nitrogens with one attached hydrogen (secondary N) is 2. The first kappa shape index (κ1) is 23.1. The van der Waals surface area contributed by atoms with Gasteiger partial charge in [0.1, 0.15) is 0 Å². The molecule has 6 heteroatoms. The van der Waals surface area contributed by atoms with Crippen LogP contribution in [0, 0.1) is 0 Å². The van der Waals surface area contributed by atoms with Crippen molar-refractivity contribution in [2.24, 2.45) is 0 Å². The van der Waals surface area contributed by atoms with Crippen molar-refractivity contribution in [3.8, 4) is 0 Å². The van der Waals surface area contributed by atoms with Crippen LogP contribution in [0.1, 0.15) is 54.6 Å².